The van der Waals surface area contributed by atoms with Gasteiger partial charge in [0.25, 0.3) is 0 Å². The zero-order valence-corrected chi connectivity index (χ0v) is 35.6. The molecule has 0 radical (unpaired) electrons. The van der Waals surface area contributed by atoms with Gasteiger partial charge in [-0.05, 0) is 85.5 Å². The van der Waals surface area contributed by atoms with E-state index in [0.29, 0.717) is 0 Å². The first-order valence-corrected chi connectivity index (χ1v) is 23.8. The summed E-state index contributed by atoms with van der Waals surface area (Å²) >= 11 is 0. The molecule has 2 nitrogen and oxygen atoms in total. The van der Waals surface area contributed by atoms with Crippen LogP contribution in [-0.4, -0.2) is 17.2 Å². The fourth-order valence-electron chi connectivity index (χ4n) is 10.3. The van der Waals surface area contributed by atoms with Gasteiger partial charge in [-0.15, -0.1) is 0 Å². The molecule has 0 atom stereocenters. The third-order valence-electron chi connectivity index (χ3n) is 13.1. The fourth-order valence-corrected chi connectivity index (χ4v) is 15.1. The van der Waals surface area contributed by atoms with Gasteiger partial charge in [0.2, 0.25) is 0 Å². The van der Waals surface area contributed by atoms with E-state index in [4.69, 9.17) is 0 Å². The van der Waals surface area contributed by atoms with E-state index in [9.17, 15) is 0 Å². The van der Waals surface area contributed by atoms with Crippen LogP contribution in [0.2, 0.25) is 0 Å². The van der Waals surface area contributed by atoms with Crippen LogP contribution >= 0.6 is 0 Å². The first-order valence-electron chi connectivity index (χ1n) is 21.8. The number of benzene rings is 10. The summed E-state index contributed by atoms with van der Waals surface area (Å²) in [4.78, 5) is 0. The summed E-state index contributed by atoms with van der Waals surface area (Å²) in [7, 11) is -2.80. The second kappa shape index (κ2) is 15.2. The Morgan fingerprint density at radius 3 is 1.40 bits per heavy atom. The van der Waals surface area contributed by atoms with E-state index >= 15 is 0 Å². The van der Waals surface area contributed by atoms with Crippen molar-refractivity contribution in [1.82, 2.24) is 9.13 Å². The molecule has 0 unspecified atom stereocenters. The third kappa shape index (κ3) is 5.93. The summed E-state index contributed by atoms with van der Waals surface area (Å²) in [5, 5.41) is 10.4. The number of hydrogen-bond acceptors (Lipinski definition) is 0. The summed E-state index contributed by atoms with van der Waals surface area (Å²) in [6.07, 6.45) is 0. The van der Waals surface area contributed by atoms with Gasteiger partial charge in [0.05, 0.1) is 22.1 Å². The Morgan fingerprint density at radius 2 is 0.730 bits per heavy atom. The quantitative estimate of drug-likeness (QED) is 0.107. The minimum Gasteiger partial charge on any atom is -0.309 e. The third-order valence-corrected chi connectivity index (χ3v) is 17.8. The van der Waals surface area contributed by atoms with E-state index in [2.05, 4.69) is 264 Å². The minimum absolute atomic E-state index is 1.13. The van der Waals surface area contributed by atoms with Crippen molar-refractivity contribution in [2.24, 2.45) is 0 Å². The number of fused-ring (bicyclic) bond motifs is 6. The van der Waals surface area contributed by atoms with Gasteiger partial charge in [-0.2, -0.15) is 0 Å². The molecular formula is C60H42N2Si. The van der Waals surface area contributed by atoms with Gasteiger partial charge in [-0.1, -0.05) is 212 Å². The van der Waals surface area contributed by atoms with E-state index < -0.39 is 8.07 Å². The number of aromatic nitrogens is 2. The second-order valence-electron chi connectivity index (χ2n) is 16.5. The van der Waals surface area contributed by atoms with Crippen molar-refractivity contribution in [3.8, 4) is 33.6 Å². The monoisotopic (exact) mass is 818 g/mol. The van der Waals surface area contributed by atoms with Gasteiger partial charge in [-0.25, -0.2) is 0 Å². The Balaban J connectivity index is 1.16. The molecule has 2 heterocycles. The first kappa shape index (κ1) is 36.8. The Labute approximate surface area is 368 Å². The molecule has 0 spiro atoms. The van der Waals surface area contributed by atoms with Crippen LogP contribution in [0.3, 0.4) is 0 Å². The van der Waals surface area contributed by atoms with Gasteiger partial charge in [0, 0.05) is 32.9 Å². The highest BCUT2D eigenvalue weighted by Crippen LogP contribution is 2.41. The summed E-state index contributed by atoms with van der Waals surface area (Å²) in [5.41, 5.74) is 11.8. The number of rotatable bonds is 8. The molecule has 0 fully saturated rings. The fraction of sp³-hybridized carbons (Fsp3) is 0. The van der Waals surface area contributed by atoms with Gasteiger partial charge in [-0.3, -0.25) is 0 Å². The van der Waals surface area contributed by atoms with Crippen LogP contribution in [0.5, 0.6) is 0 Å². The largest absolute Gasteiger partial charge is 0.309 e. The van der Waals surface area contributed by atoms with Crippen molar-refractivity contribution >= 4 is 72.4 Å². The molecule has 0 aliphatic carbocycles. The molecule has 0 saturated heterocycles. The van der Waals surface area contributed by atoms with Gasteiger partial charge >= 0.3 is 0 Å². The maximum atomic E-state index is 2.52. The topological polar surface area (TPSA) is 9.86 Å². The first-order chi connectivity index (χ1) is 31.3. The lowest BCUT2D eigenvalue weighted by Gasteiger charge is -2.34. The number of hydrogen-bond donors (Lipinski definition) is 0. The van der Waals surface area contributed by atoms with E-state index in [1.54, 1.807) is 0 Å². The normalized spacial score (nSPS) is 11.8. The number of nitrogens with zero attached hydrogens (tertiary/aromatic N) is 2. The summed E-state index contributed by atoms with van der Waals surface area (Å²) in [6, 6.07) is 94.3. The van der Waals surface area contributed by atoms with Crippen LogP contribution in [0.25, 0.3) is 77.2 Å². The van der Waals surface area contributed by atoms with Crippen molar-refractivity contribution in [1.29, 1.82) is 0 Å². The van der Waals surface area contributed by atoms with Crippen LogP contribution in [-0.2, 0) is 0 Å². The smallest absolute Gasteiger partial charge is 0.179 e. The maximum absolute atomic E-state index is 2.80. The highest BCUT2D eigenvalue weighted by Gasteiger charge is 2.41. The highest BCUT2D eigenvalue weighted by atomic mass is 28.3. The molecule has 12 aromatic rings. The molecular weight excluding hydrogens is 777 g/mol. The molecule has 0 N–H and O–H groups in total. The average molecular weight is 819 g/mol. The molecule has 0 saturated carbocycles. The van der Waals surface area contributed by atoms with Crippen molar-refractivity contribution in [3.05, 3.63) is 255 Å². The Hall–Kier alpha value is -7.98. The average Bonchev–Trinajstić information content (AvgIpc) is 3.88. The molecule has 0 bridgehead atoms. The standard InChI is InChI=1S/C60H42N2Si/c1-6-20-43(21-7-1)45-24-18-25-46(40-45)62-57-35-19-33-52(44-22-8-2-9-23-44)60(57)55-38-36-47(41-58(55)62)61-56-34-17-16-32-53(56)54-39-37-51(42-59(54)61)63(48-26-10-3-11-27-48,49-28-12-4-13-29-49)50-30-14-5-15-31-50/h1-42H. The van der Waals surface area contributed by atoms with Gasteiger partial charge in [0.15, 0.2) is 8.07 Å². The summed E-state index contributed by atoms with van der Waals surface area (Å²) < 4.78 is 4.98. The van der Waals surface area contributed by atoms with E-state index in [0.717, 1.165) is 11.4 Å². The summed E-state index contributed by atoms with van der Waals surface area (Å²) in [5.74, 6) is 0. The van der Waals surface area contributed by atoms with E-state index in [-0.39, 0.29) is 0 Å². The Kier molecular flexibility index (Phi) is 8.87. The lowest BCUT2D eigenvalue weighted by Crippen LogP contribution is -2.74. The molecule has 2 aromatic heterocycles. The van der Waals surface area contributed by atoms with Crippen molar-refractivity contribution in [2.45, 2.75) is 0 Å². The van der Waals surface area contributed by atoms with E-state index in [1.807, 2.05) is 0 Å². The van der Waals surface area contributed by atoms with Crippen LogP contribution in [0, 0.1) is 0 Å². The van der Waals surface area contributed by atoms with Crippen LogP contribution < -0.4 is 20.7 Å². The molecule has 0 aliphatic heterocycles. The minimum atomic E-state index is -2.80. The van der Waals surface area contributed by atoms with Crippen LogP contribution in [0.15, 0.2) is 255 Å². The predicted octanol–water partition coefficient (Wildman–Crippen LogP) is 12.6. The van der Waals surface area contributed by atoms with Crippen molar-refractivity contribution in [3.63, 3.8) is 0 Å². The molecule has 10 aromatic carbocycles. The highest BCUT2D eigenvalue weighted by molar-refractivity contribution is 7.20. The Morgan fingerprint density at radius 1 is 0.254 bits per heavy atom. The molecule has 63 heavy (non-hydrogen) atoms. The molecule has 3 heteroatoms. The zero-order chi connectivity index (χ0) is 41.7. The van der Waals surface area contributed by atoms with Crippen molar-refractivity contribution in [2.75, 3.05) is 0 Å². The van der Waals surface area contributed by atoms with Crippen LogP contribution in [0.4, 0.5) is 0 Å². The van der Waals surface area contributed by atoms with Gasteiger partial charge < -0.3 is 9.13 Å². The predicted molar refractivity (Wildman–Crippen MR) is 270 cm³/mol. The lowest BCUT2D eigenvalue weighted by atomic mass is 9.99. The SMILES string of the molecule is c1ccc(-c2cccc(-n3c4cc(-n5c6ccccc6c6ccc([Si](c7ccccc7)(c7ccccc7)c7ccccc7)cc65)ccc4c4c(-c5ccccc5)cccc43)c2)cc1. The lowest BCUT2D eigenvalue weighted by molar-refractivity contribution is 1.16. The maximum Gasteiger partial charge on any atom is 0.179 e. The summed E-state index contributed by atoms with van der Waals surface area (Å²) in [6.45, 7) is 0. The van der Waals surface area contributed by atoms with E-state index in [1.165, 1.54) is 86.6 Å². The number of para-hydroxylation sites is 1. The molecule has 0 amide bonds. The second-order valence-corrected chi connectivity index (χ2v) is 20.3. The molecule has 296 valence electrons. The van der Waals surface area contributed by atoms with Crippen LogP contribution in [0.1, 0.15) is 0 Å². The molecule has 12 rings (SSSR count). The Bertz CT molecular complexity index is 3500. The molecule has 0 aliphatic rings. The van der Waals surface area contributed by atoms with Gasteiger partial charge in [0.1, 0.15) is 0 Å². The zero-order valence-electron chi connectivity index (χ0n) is 34.6. The van der Waals surface area contributed by atoms with Crippen molar-refractivity contribution < 1.29 is 0 Å².